The predicted octanol–water partition coefficient (Wildman–Crippen LogP) is 7.27. The predicted molar refractivity (Wildman–Crippen MR) is 198 cm³/mol. The summed E-state index contributed by atoms with van der Waals surface area (Å²) in [7, 11) is 4.96. The molecule has 0 N–H and O–H groups in total. The van der Waals surface area contributed by atoms with Crippen LogP contribution in [0.3, 0.4) is 0 Å². The first-order valence-electron chi connectivity index (χ1n) is 17.1. The summed E-state index contributed by atoms with van der Waals surface area (Å²) < 4.78 is 11.0. The van der Waals surface area contributed by atoms with E-state index in [4.69, 9.17) is 9.47 Å². The van der Waals surface area contributed by atoms with Crippen molar-refractivity contribution in [2.45, 2.75) is 47.0 Å². The van der Waals surface area contributed by atoms with Gasteiger partial charge in [-0.1, -0.05) is 87.5 Å². The molecule has 0 aliphatic heterocycles. The summed E-state index contributed by atoms with van der Waals surface area (Å²) in [5.41, 5.74) is 8.78. The number of nitrogens with zero attached hydrogens (tertiary/aromatic N) is 2. The van der Waals surface area contributed by atoms with Gasteiger partial charge in [0, 0.05) is 46.6 Å². The summed E-state index contributed by atoms with van der Waals surface area (Å²) in [5.74, 6) is -1.11. The lowest BCUT2D eigenvalue weighted by Crippen LogP contribution is -2.36. The normalized spacial score (nSPS) is 16.6. The third-order valence-electron chi connectivity index (χ3n) is 9.76. The summed E-state index contributed by atoms with van der Waals surface area (Å²) in [6.07, 6.45) is 13.3. The Labute approximate surface area is 285 Å². The van der Waals surface area contributed by atoms with Crippen LogP contribution in [0.2, 0.25) is 0 Å². The van der Waals surface area contributed by atoms with E-state index in [9.17, 15) is 9.59 Å². The van der Waals surface area contributed by atoms with Crippen LogP contribution in [0, 0.1) is 0 Å². The van der Waals surface area contributed by atoms with Crippen LogP contribution in [-0.2, 0) is 9.47 Å². The van der Waals surface area contributed by atoms with Crippen molar-refractivity contribution in [1.29, 1.82) is 0 Å². The molecule has 3 aliphatic rings. The Balaban J connectivity index is 0.000000689. The first-order valence-corrected chi connectivity index (χ1v) is 17.1. The highest BCUT2D eigenvalue weighted by atomic mass is 16.5. The van der Waals surface area contributed by atoms with E-state index in [0.717, 1.165) is 81.3 Å². The average molecular weight is 645 g/mol. The second kappa shape index (κ2) is 15.0. The van der Waals surface area contributed by atoms with Crippen molar-refractivity contribution < 1.29 is 19.1 Å². The van der Waals surface area contributed by atoms with Crippen LogP contribution in [0.25, 0.3) is 45.7 Å². The summed E-state index contributed by atoms with van der Waals surface area (Å²) in [6.45, 7) is 14.7. The zero-order chi connectivity index (χ0) is 34.5. The Hall–Kier alpha value is -4.68. The lowest BCUT2D eigenvalue weighted by atomic mass is 9.72. The molecule has 6 nitrogen and oxygen atoms in total. The van der Waals surface area contributed by atoms with Gasteiger partial charge >= 0.3 is 11.9 Å². The van der Waals surface area contributed by atoms with E-state index in [1.54, 1.807) is 0 Å². The Morgan fingerprint density at radius 3 is 2.10 bits per heavy atom. The Bertz CT molecular complexity index is 1940. The van der Waals surface area contributed by atoms with Gasteiger partial charge in [-0.2, -0.15) is 0 Å². The Kier molecular flexibility index (Phi) is 10.9. The van der Waals surface area contributed by atoms with Crippen molar-refractivity contribution in [3.8, 4) is 22.3 Å². The molecular formula is C42H48N2O4. The van der Waals surface area contributed by atoms with Crippen LogP contribution in [0.5, 0.6) is 0 Å². The summed E-state index contributed by atoms with van der Waals surface area (Å²) in [4.78, 5) is 32.6. The topological polar surface area (TPSA) is 59.1 Å². The Morgan fingerprint density at radius 2 is 1.48 bits per heavy atom. The van der Waals surface area contributed by atoms with E-state index in [-0.39, 0.29) is 5.92 Å². The number of carbonyl (C=O) groups is 2. The minimum Gasteiger partial charge on any atom is -0.465 e. The van der Waals surface area contributed by atoms with Gasteiger partial charge in [0.15, 0.2) is 0 Å². The maximum absolute atomic E-state index is 14.0. The largest absolute Gasteiger partial charge is 0.465 e. The molecule has 3 aromatic carbocycles. The summed E-state index contributed by atoms with van der Waals surface area (Å²) in [5, 5.41) is 2.18. The van der Waals surface area contributed by atoms with Gasteiger partial charge in [0.25, 0.3) is 0 Å². The van der Waals surface area contributed by atoms with Gasteiger partial charge in [0.2, 0.25) is 0 Å². The van der Waals surface area contributed by atoms with Gasteiger partial charge in [-0.05, 0) is 85.6 Å². The SMILES string of the molecule is CC/C1=C\C=C/c2cccc(c2)-c2c(C(=O)OC)c3c(c(C(=O)OC)c21)-c1cccc2c1=CC3C=CC=2N(CC)CC.CCN(C)CC. The molecule has 0 saturated carbocycles. The monoisotopic (exact) mass is 644 g/mol. The third kappa shape index (κ3) is 6.17. The first kappa shape index (κ1) is 34.6. The molecule has 0 heterocycles. The van der Waals surface area contributed by atoms with Crippen LogP contribution >= 0.6 is 0 Å². The van der Waals surface area contributed by atoms with Crippen molar-refractivity contribution >= 4 is 35.4 Å². The van der Waals surface area contributed by atoms with Crippen LogP contribution < -0.4 is 10.4 Å². The number of methoxy groups -OCH3 is 2. The van der Waals surface area contributed by atoms with Crippen LogP contribution in [0.4, 0.5) is 0 Å². The number of likely N-dealkylation sites (N-methyl/N-ethyl adjacent to an activating group) is 1. The van der Waals surface area contributed by atoms with E-state index in [1.807, 2.05) is 42.5 Å². The van der Waals surface area contributed by atoms with Crippen molar-refractivity contribution in [2.24, 2.45) is 0 Å². The number of carbonyl (C=O) groups excluding carboxylic acids is 2. The van der Waals surface area contributed by atoms with Gasteiger partial charge in [-0.25, -0.2) is 9.59 Å². The molecule has 1 atom stereocenters. The molecule has 48 heavy (non-hydrogen) atoms. The highest BCUT2D eigenvalue weighted by molar-refractivity contribution is 6.14. The molecular weight excluding hydrogens is 596 g/mol. The highest BCUT2D eigenvalue weighted by Gasteiger charge is 2.37. The second-order valence-electron chi connectivity index (χ2n) is 12.2. The molecule has 0 amide bonds. The number of hydrogen-bond donors (Lipinski definition) is 0. The van der Waals surface area contributed by atoms with Crippen LogP contribution in [-0.4, -0.2) is 69.2 Å². The molecule has 0 spiro atoms. The zero-order valence-electron chi connectivity index (χ0n) is 29.6. The molecule has 6 rings (SSSR count). The van der Waals surface area contributed by atoms with Gasteiger partial charge < -0.3 is 19.3 Å². The lowest BCUT2D eigenvalue weighted by Gasteiger charge is -2.30. The fourth-order valence-electron chi connectivity index (χ4n) is 7.01. The van der Waals surface area contributed by atoms with E-state index in [1.165, 1.54) is 14.2 Å². The molecule has 0 aromatic heterocycles. The number of fused-ring (bicyclic) bond motifs is 8. The number of hydrogen-bond acceptors (Lipinski definition) is 6. The number of rotatable bonds is 8. The van der Waals surface area contributed by atoms with Gasteiger partial charge in [0.1, 0.15) is 0 Å². The molecule has 4 bridgehead atoms. The fraction of sp³-hybridized carbons (Fsp3) is 0.333. The maximum atomic E-state index is 14.0. The number of allylic oxidation sites excluding steroid dienone is 4. The van der Waals surface area contributed by atoms with E-state index < -0.39 is 11.9 Å². The molecule has 250 valence electrons. The van der Waals surface area contributed by atoms with Gasteiger partial charge in [0.05, 0.1) is 25.3 Å². The second-order valence-corrected chi connectivity index (χ2v) is 12.2. The molecule has 6 heteroatoms. The summed E-state index contributed by atoms with van der Waals surface area (Å²) in [6, 6.07) is 14.3. The number of ether oxygens (including phenoxy) is 2. The lowest BCUT2D eigenvalue weighted by molar-refractivity contribution is 0.0586. The molecule has 1 unspecified atom stereocenters. The smallest absolute Gasteiger partial charge is 0.339 e. The number of benzene rings is 3. The van der Waals surface area contributed by atoms with Crippen molar-refractivity contribution in [3.05, 3.63) is 105 Å². The van der Waals surface area contributed by atoms with Crippen LogP contribution in [0.1, 0.15) is 84.4 Å². The van der Waals surface area contributed by atoms with Gasteiger partial charge in [-0.15, -0.1) is 0 Å². The van der Waals surface area contributed by atoms with Crippen molar-refractivity contribution in [3.63, 3.8) is 0 Å². The zero-order valence-corrected chi connectivity index (χ0v) is 29.6. The minimum atomic E-state index is -0.425. The average Bonchev–Trinajstić information content (AvgIpc) is 3.28. The van der Waals surface area contributed by atoms with Crippen LogP contribution in [0.15, 0.2) is 66.8 Å². The van der Waals surface area contributed by atoms with E-state index >= 15 is 0 Å². The molecule has 0 fully saturated rings. The molecule has 3 aromatic rings. The highest BCUT2D eigenvalue weighted by Crippen LogP contribution is 2.49. The molecule has 3 aliphatic carbocycles. The van der Waals surface area contributed by atoms with Crippen molar-refractivity contribution in [1.82, 2.24) is 9.80 Å². The standard InChI is InChI=1S/C37H35NO4.C5H13N/c1-6-23-14-9-12-22-13-10-15-24(20-22)31-30(23)35(37(40)42-5)33-27-17-11-16-26-28(27)21-25(32(33)34(31)36(39)41-4)18-19-29(26)38(7-2)8-3;1-4-6(3)5-2/h9-21,25H,6-8H2,1-5H3;4-5H2,1-3H3/b12-9-,23-14+;. The van der Waals surface area contributed by atoms with Crippen molar-refractivity contribution in [2.75, 3.05) is 47.4 Å². The number of esters is 2. The fourth-order valence-corrected chi connectivity index (χ4v) is 7.01. The molecule has 0 saturated heterocycles. The maximum Gasteiger partial charge on any atom is 0.339 e. The van der Waals surface area contributed by atoms with E-state index in [0.29, 0.717) is 23.1 Å². The van der Waals surface area contributed by atoms with Gasteiger partial charge in [-0.3, -0.25) is 0 Å². The third-order valence-corrected chi connectivity index (χ3v) is 9.76. The quantitative estimate of drug-likeness (QED) is 0.241. The first-order chi connectivity index (χ1) is 23.3. The summed E-state index contributed by atoms with van der Waals surface area (Å²) >= 11 is 0. The Morgan fingerprint density at radius 1 is 0.792 bits per heavy atom. The minimum absolute atomic E-state index is 0.257. The molecule has 0 radical (unpaired) electrons. The van der Waals surface area contributed by atoms with E-state index in [2.05, 4.69) is 87.9 Å².